The Labute approximate surface area is 187 Å². The molecule has 0 radical (unpaired) electrons. The lowest BCUT2D eigenvalue weighted by molar-refractivity contribution is 0.104. The SMILES string of the molecule is Cc1nc2ccc(Cl)cc2c(-c2ccccc2)c1C(=O)/C=C/c1ccc(N(C)C)cc1. The molecule has 0 aliphatic carbocycles. The summed E-state index contributed by atoms with van der Waals surface area (Å²) in [6, 6.07) is 23.6. The van der Waals surface area contributed by atoms with E-state index < -0.39 is 0 Å². The molecule has 4 rings (SSSR count). The van der Waals surface area contributed by atoms with Crippen LogP contribution in [0.2, 0.25) is 5.02 Å². The normalized spacial score (nSPS) is 11.2. The minimum Gasteiger partial charge on any atom is -0.378 e. The van der Waals surface area contributed by atoms with Gasteiger partial charge in [0.25, 0.3) is 0 Å². The van der Waals surface area contributed by atoms with Crippen LogP contribution in [0.3, 0.4) is 0 Å². The monoisotopic (exact) mass is 426 g/mol. The number of nitrogens with zero attached hydrogens (tertiary/aromatic N) is 2. The van der Waals surface area contributed by atoms with E-state index in [-0.39, 0.29) is 5.78 Å². The molecule has 154 valence electrons. The fourth-order valence-corrected chi connectivity index (χ4v) is 3.88. The van der Waals surface area contributed by atoms with Crippen molar-refractivity contribution < 1.29 is 4.79 Å². The molecule has 0 atom stereocenters. The van der Waals surface area contributed by atoms with Gasteiger partial charge >= 0.3 is 0 Å². The van der Waals surface area contributed by atoms with Crippen molar-refractivity contribution in [2.24, 2.45) is 0 Å². The van der Waals surface area contributed by atoms with Crippen molar-refractivity contribution in [1.29, 1.82) is 0 Å². The molecule has 0 amide bonds. The lowest BCUT2D eigenvalue weighted by Crippen LogP contribution is -2.08. The second-order valence-electron chi connectivity index (χ2n) is 7.66. The molecule has 0 N–H and O–H groups in total. The smallest absolute Gasteiger partial charge is 0.188 e. The number of fused-ring (bicyclic) bond motifs is 1. The van der Waals surface area contributed by atoms with Gasteiger partial charge in [0, 0.05) is 41.4 Å². The topological polar surface area (TPSA) is 33.2 Å². The number of ketones is 1. The first kappa shape index (κ1) is 20.8. The van der Waals surface area contributed by atoms with Gasteiger partial charge in [-0.2, -0.15) is 0 Å². The summed E-state index contributed by atoms with van der Waals surface area (Å²) in [6.07, 6.45) is 3.47. The Morgan fingerprint density at radius 3 is 2.35 bits per heavy atom. The van der Waals surface area contributed by atoms with Crippen molar-refractivity contribution >= 4 is 40.1 Å². The summed E-state index contributed by atoms with van der Waals surface area (Å²) in [5.74, 6) is -0.0811. The minimum atomic E-state index is -0.0811. The molecule has 3 nitrogen and oxygen atoms in total. The molecule has 0 spiro atoms. The van der Waals surface area contributed by atoms with Crippen LogP contribution in [0, 0.1) is 6.92 Å². The van der Waals surface area contributed by atoms with E-state index in [9.17, 15) is 4.79 Å². The van der Waals surface area contributed by atoms with Crippen molar-refractivity contribution in [3.05, 3.63) is 101 Å². The zero-order chi connectivity index (χ0) is 22.0. The molecular weight excluding hydrogens is 404 g/mol. The molecule has 0 bridgehead atoms. The quantitative estimate of drug-likeness (QED) is 0.259. The third-order valence-electron chi connectivity index (χ3n) is 5.27. The van der Waals surface area contributed by atoms with Gasteiger partial charge in [0.2, 0.25) is 0 Å². The summed E-state index contributed by atoms with van der Waals surface area (Å²) in [5.41, 5.74) is 6.03. The lowest BCUT2D eigenvalue weighted by Gasteiger charge is -2.14. The highest BCUT2D eigenvalue weighted by atomic mass is 35.5. The van der Waals surface area contributed by atoms with Crippen LogP contribution in [0.5, 0.6) is 0 Å². The molecule has 0 aliphatic heterocycles. The van der Waals surface area contributed by atoms with E-state index in [0.717, 1.165) is 33.3 Å². The van der Waals surface area contributed by atoms with E-state index in [0.29, 0.717) is 16.3 Å². The Morgan fingerprint density at radius 1 is 0.968 bits per heavy atom. The Kier molecular flexibility index (Phi) is 5.88. The summed E-state index contributed by atoms with van der Waals surface area (Å²) in [6.45, 7) is 1.88. The van der Waals surface area contributed by atoms with Gasteiger partial charge in [-0.25, -0.2) is 0 Å². The first-order valence-corrected chi connectivity index (χ1v) is 10.5. The Balaban J connectivity index is 1.82. The highest BCUT2D eigenvalue weighted by molar-refractivity contribution is 6.31. The van der Waals surface area contributed by atoms with Crippen LogP contribution in [0.15, 0.2) is 78.9 Å². The molecule has 31 heavy (non-hydrogen) atoms. The maximum atomic E-state index is 13.4. The van der Waals surface area contributed by atoms with Gasteiger partial charge < -0.3 is 4.90 Å². The fraction of sp³-hybridized carbons (Fsp3) is 0.111. The lowest BCUT2D eigenvalue weighted by atomic mass is 9.92. The van der Waals surface area contributed by atoms with Crippen LogP contribution >= 0.6 is 11.6 Å². The summed E-state index contributed by atoms with van der Waals surface area (Å²) < 4.78 is 0. The molecule has 3 aromatic carbocycles. The summed E-state index contributed by atoms with van der Waals surface area (Å²) in [5, 5.41) is 1.49. The molecule has 0 saturated heterocycles. The van der Waals surface area contributed by atoms with Gasteiger partial charge in [0.1, 0.15) is 0 Å². The average molecular weight is 427 g/mol. The molecule has 0 unspecified atom stereocenters. The number of aryl methyl sites for hydroxylation is 1. The molecule has 1 aromatic heterocycles. The molecule has 0 fully saturated rings. The van der Waals surface area contributed by atoms with Gasteiger partial charge in [-0.1, -0.05) is 60.1 Å². The number of benzene rings is 3. The van der Waals surface area contributed by atoms with Gasteiger partial charge in [0.05, 0.1) is 11.1 Å². The number of allylic oxidation sites excluding steroid dienone is 1. The van der Waals surface area contributed by atoms with E-state index >= 15 is 0 Å². The summed E-state index contributed by atoms with van der Waals surface area (Å²) >= 11 is 6.30. The number of halogens is 1. The number of carbonyl (C=O) groups is 1. The molecular formula is C27H23ClN2O. The highest BCUT2D eigenvalue weighted by Crippen LogP contribution is 2.35. The minimum absolute atomic E-state index is 0.0811. The van der Waals surface area contributed by atoms with Crippen LogP contribution < -0.4 is 4.90 Å². The predicted molar refractivity (Wildman–Crippen MR) is 131 cm³/mol. The molecule has 4 aromatic rings. The number of rotatable bonds is 5. The van der Waals surface area contributed by atoms with Crippen molar-refractivity contribution in [2.45, 2.75) is 6.92 Å². The first-order chi connectivity index (χ1) is 14.9. The molecule has 0 saturated carbocycles. The van der Waals surface area contributed by atoms with Gasteiger partial charge in [0.15, 0.2) is 5.78 Å². The second kappa shape index (κ2) is 8.75. The zero-order valence-electron chi connectivity index (χ0n) is 17.8. The van der Waals surface area contributed by atoms with E-state index in [2.05, 4.69) is 0 Å². The van der Waals surface area contributed by atoms with Crippen molar-refractivity contribution in [3.8, 4) is 11.1 Å². The van der Waals surface area contributed by atoms with E-state index in [1.54, 1.807) is 6.08 Å². The van der Waals surface area contributed by atoms with E-state index in [4.69, 9.17) is 16.6 Å². The standard InChI is InChI=1S/C27H23ClN2O/c1-18-26(25(31)16-11-19-9-13-22(14-10-19)30(2)3)27(20-7-5-4-6-8-20)23-17-21(28)12-15-24(23)29-18/h4-17H,1-3H3/b16-11+. The second-order valence-corrected chi connectivity index (χ2v) is 8.09. The molecule has 0 aliphatic rings. The van der Waals surface area contributed by atoms with E-state index in [1.807, 2.05) is 105 Å². The van der Waals surface area contributed by atoms with Crippen LogP contribution in [-0.4, -0.2) is 24.9 Å². The largest absolute Gasteiger partial charge is 0.378 e. The zero-order valence-corrected chi connectivity index (χ0v) is 18.5. The highest BCUT2D eigenvalue weighted by Gasteiger charge is 2.19. The van der Waals surface area contributed by atoms with Crippen molar-refractivity contribution in [2.75, 3.05) is 19.0 Å². The summed E-state index contributed by atoms with van der Waals surface area (Å²) in [4.78, 5) is 20.1. The predicted octanol–water partition coefficient (Wildman–Crippen LogP) is 6.83. The van der Waals surface area contributed by atoms with E-state index in [1.165, 1.54) is 0 Å². The van der Waals surface area contributed by atoms with Crippen molar-refractivity contribution in [3.63, 3.8) is 0 Å². The maximum absolute atomic E-state index is 13.4. The molecule has 4 heteroatoms. The number of hydrogen-bond donors (Lipinski definition) is 0. The molecule has 1 heterocycles. The fourth-order valence-electron chi connectivity index (χ4n) is 3.70. The van der Waals surface area contributed by atoms with Gasteiger partial charge in [-0.05, 0) is 54.5 Å². The van der Waals surface area contributed by atoms with Gasteiger partial charge in [-0.15, -0.1) is 0 Å². The maximum Gasteiger partial charge on any atom is 0.188 e. The third kappa shape index (κ3) is 4.37. The number of anilines is 1. The Bertz CT molecular complexity index is 1280. The Morgan fingerprint density at radius 2 is 1.68 bits per heavy atom. The van der Waals surface area contributed by atoms with Crippen LogP contribution in [0.25, 0.3) is 28.1 Å². The third-order valence-corrected chi connectivity index (χ3v) is 5.51. The van der Waals surface area contributed by atoms with Crippen molar-refractivity contribution in [1.82, 2.24) is 4.98 Å². The number of hydrogen-bond acceptors (Lipinski definition) is 3. The van der Waals surface area contributed by atoms with Crippen LogP contribution in [0.1, 0.15) is 21.6 Å². The van der Waals surface area contributed by atoms with Crippen LogP contribution in [-0.2, 0) is 0 Å². The van der Waals surface area contributed by atoms with Crippen LogP contribution in [0.4, 0.5) is 5.69 Å². The number of carbonyl (C=O) groups excluding carboxylic acids is 1. The van der Waals surface area contributed by atoms with Gasteiger partial charge in [-0.3, -0.25) is 9.78 Å². The summed E-state index contributed by atoms with van der Waals surface area (Å²) in [7, 11) is 4.00. The first-order valence-electron chi connectivity index (χ1n) is 10.1. The average Bonchev–Trinajstić information content (AvgIpc) is 2.77. The Hall–Kier alpha value is -3.43. The number of aromatic nitrogens is 1. The number of pyridine rings is 1.